The summed E-state index contributed by atoms with van der Waals surface area (Å²) in [7, 11) is 0. The fraction of sp³-hybridized carbons (Fsp3) is 0.167. The third-order valence-corrected chi connectivity index (χ3v) is 5.67. The smallest absolute Gasteiger partial charge is 0.261 e. The molecule has 0 radical (unpaired) electrons. The molecule has 3 amide bonds. The zero-order valence-electron chi connectivity index (χ0n) is 17.6. The number of anilines is 1. The molecule has 1 aliphatic heterocycles. The number of pyridine rings is 1. The van der Waals surface area contributed by atoms with Gasteiger partial charge in [0, 0.05) is 0 Å². The number of carbonyl (C=O) groups excluding carboxylic acids is 3. The van der Waals surface area contributed by atoms with Gasteiger partial charge in [-0.3, -0.25) is 19.3 Å². The van der Waals surface area contributed by atoms with Gasteiger partial charge >= 0.3 is 0 Å². The summed E-state index contributed by atoms with van der Waals surface area (Å²) in [6.07, 6.45) is 3.52. The highest BCUT2D eigenvalue weighted by atomic mass is 32.2. The van der Waals surface area contributed by atoms with Crippen LogP contribution in [-0.4, -0.2) is 40.5 Å². The molecular formula is C24H21N3O4S. The van der Waals surface area contributed by atoms with Crippen molar-refractivity contribution in [3.63, 3.8) is 0 Å². The maximum absolute atomic E-state index is 13.0. The van der Waals surface area contributed by atoms with Crippen LogP contribution in [0.15, 0.2) is 65.8 Å². The Hall–Kier alpha value is -3.65. The zero-order valence-corrected chi connectivity index (χ0v) is 18.4. The molecule has 0 unspecified atom stereocenters. The minimum atomic E-state index is -0.364. The summed E-state index contributed by atoms with van der Waals surface area (Å²) in [6.45, 7) is 2.28. The minimum absolute atomic E-state index is 0.0585. The van der Waals surface area contributed by atoms with Crippen molar-refractivity contribution in [2.24, 2.45) is 0 Å². The summed E-state index contributed by atoms with van der Waals surface area (Å²) in [6, 6.07) is 15.4. The van der Waals surface area contributed by atoms with Crippen LogP contribution in [0.25, 0.3) is 0 Å². The van der Waals surface area contributed by atoms with Crippen molar-refractivity contribution in [3.05, 3.63) is 83.0 Å². The monoisotopic (exact) mass is 447 g/mol. The van der Waals surface area contributed by atoms with Gasteiger partial charge < -0.3 is 10.1 Å². The molecule has 0 atom stereocenters. The summed E-state index contributed by atoms with van der Waals surface area (Å²) in [5, 5.41) is 3.67. The number of thioether (sulfide) groups is 1. The van der Waals surface area contributed by atoms with Crippen LogP contribution < -0.4 is 10.1 Å². The van der Waals surface area contributed by atoms with Gasteiger partial charge in [0.2, 0.25) is 0 Å². The van der Waals surface area contributed by atoms with Gasteiger partial charge in [0.05, 0.1) is 46.8 Å². The molecule has 1 aliphatic rings. The Morgan fingerprint density at radius 1 is 1.06 bits per heavy atom. The lowest BCUT2D eigenvalue weighted by Gasteiger charge is -2.16. The second-order valence-corrected chi connectivity index (χ2v) is 7.88. The predicted octanol–water partition coefficient (Wildman–Crippen LogP) is 4.25. The number of nitrogens with one attached hydrogen (secondary N) is 1. The lowest BCUT2D eigenvalue weighted by Crippen LogP contribution is -2.29. The van der Waals surface area contributed by atoms with Gasteiger partial charge in [-0.05, 0) is 55.1 Å². The van der Waals surface area contributed by atoms with E-state index in [-0.39, 0.29) is 24.3 Å². The summed E-state index contributed by atoms with van der Waals surface area (Å²) in [5.41, 5.74) is 2.30. The molecule has 1 aromatic heterocycles. The molecule has 0 saturated carbocycles. The fourth-order valence-corrected chi connectivity index (χ4v) is 3.84. The van der Waals surface area contributed by atoms with Crippen molar-refractivity contribution in [2.75, 3.05) is 18.2 Å². The molecule has 7 nitrogen and oxygen atoms in total. The van der Waals surface area contributed by atoms with Crippen LogP contribution >= 0.6 is 11.8 Å². The number of hydrogen-bond acceptors (Lipinski definition) is 6. The highest BCUT2D eigenvalue weighted by Gasteiger charge is 2.35. The highest BCUT2D eigenvalue weighted by molar-refractivity contribution is 7.98. The van der Waals surface area contributed by atoms with E-state index in [0.29, 0.717) is 40.3 Å². The molecule has 0 fully saturated rings. The molecule has 1 N–H and O–H groups in total. The largest absolute Gasteiger partial charge is 0.493 e. The SMILES string of the molecule is CCOc1ccc(CN2C(=O)c3ccccc3C2=O)cc1C(=O)Nc1ccc(SC)nc1. The van der Waals surface area contributed by atoms with Crippen LogP contribution in [0, 0.1) is 0 Å². The van der Waals surface area contributed by atoms with Crippen LogP contribution in [0.3, 0.4) is 0 Å². The molecule has 0 aliphatic carbocycles. The minimum Gasteiger partial charge on any atom is -0.493 e. The number of aromatic nitrogens is 1. The van der Waals surface area contributed by atoms with Crippen molar-refractivity contribution in [1.82, 2.24) is 9.88 Å². The molecule has 2 heterocycles. The molecule has 162 valence electrons. The number of fused-ring (bicyclic) bond motifs is 1. The third-order valence-electron chi connectivity index (χ3n) is 5.01. The van der Waals surface area contributed by atoms with Gasteiger partial charge in [0.25, 0.3) is 17.7 Å². The van der Waals surface area contributed by atoms with E-state index in [9.17, 15) is 14.4 Å². The topological polar surface area (TPSA) is 88.6 Å². The number of rotatable bonds is 7. The quantitative estimate of drug-likeness (QED) is 0.430. The Kier molecular flexibility index (Phi) is 6.23. The van der Waals surface area contributed by atoms with Crippen molar-refractivity contribution in [2.45, 2.75) is 18.5 Å². The second-order valence-electron chi connectivity index (χ2n) is 7.05. The van der Waals surface area contributed by atoms with Crippen LogP contribution in [0.4, 0.5) is 5.69 Å². The molecule has 32 heavy (non-hydrogen) atoms. The Bertz CT molecular complexity index is 1160. The first kappa shape index (κ1) is 21.6. The maximum atomic E-state index is 13.0. The van der Waals surface area contributed by atoms with Gasteiger partial charge in [-0.15, -0.1) is 11.8 Å². The highest BCUT2D eigenvalue weighted by Crippen LogP contribution is 2.27. The van der Waals surface area contributed by atoms with E-state index in [1.54, 1.807) is 54.7 Å². The fourth-order valence-electron chi connectivity index (χ4n) is 3.47. The third kappa shape index (κ3) is 4.22. The second kappa shape index (κ2) is 9.23. The van der Waals surface area contributed by atoms with Gasteiger partial charge in [-0.1, -0.05) is 18.2 Å². The van der Waals surface area contributed by atoms with E-state index in [1.165, 1.54) is 16.7 Å². The van der Waals surface area contributed by atoms with Crippen LogP contribution in [0.2, 0.25) is 0 Å². The van der Waals surface area contributed by atoms with E-state index >= 15 is 0 Å². The van der Waals surface area contributed by atoms with Crippen LogP contribution in [-0.2, 0) is 6.54 Å². The van der Waals surface area contributed by atoms with E-state index < -0.39 is 0 Å². The number of carbonyl (C=O) groups is 3. The summed E-state index contributed by atoms with van der Waals surface area (Å²) in [5.74, 6) is -0.628. The van der Waals surface area contributed by atoms with Crippen LogP contribution in [0.5, 0.6) is 5.75 Å². The number of hydrogen-bond donors (Lipinski definition) is 1. The number of ether oxygens (including phenoxy) is 1. The molecule has 0 saturated heterocycles. The number of nitrogens with zero attached hydrogens (tertiary/aromatic N) is 2. The number of amides is 3. The molecular weight excluding hydrogens is 426 g/mol. The zero-order chi connectivity index (χ0) is 22.7. The van der Waals surface area contributed by atoms with E-state index in [1.807, 2.05) is 19.2 Å². The van der Waals surface area contributed by atoms with Gasteiger partial charge in [-0.2, -0.15) is 0 Å². The van der Waals surface area contributed by atoms with Crippen molar-refractivity contribution >= 4 is 35.2 Å². The molecule has 4 rings (SSSR count). The van der Waals surface area contributed by atoms with Crippen LogP contribution in [0.1, 0.15) is 43.6 Å². The lowest BCUT2D eigenvalue weighted by molar-refractivity contribution is 0.0642. The Morgan fingerprint density at radius 3 is 2.38 bits per heavy atom. The molecule has 0 spiro atoms. The molecule has 2 aromatic carbocycles. The van der Waals surface area contributed by atoms with Gasteiger partial charge in [0.1, 0.15) is 5.75 Å². The maximum Gasteiger partial charge on any atom is 0.261 e. The standard InChI is InChI=1S/C24H21N3O4S/c1-3-31-20-10-8-15(14-27-23(29)17-6-4-5-7-18(17)24(27)30)12-19(20)22(28)26-16-9-11-21(32-2)25-13-16/h4-13H,3,14H2,1-2H3,(H,26,28). The average molecular weight is 448 g/mol. The summed E-state index contributed by atoms with van der Waals surface area (Å²) >= 11 is 1.51. The van der Waals surface area contributed by atoms with Crippen molar-refractivity contribution in [1.29, 1.82) is 0 Å². The predicted molar refractivity (Wildman–Crippen MR) is 122 cm³/mol. The Morgan fingerprint density at radius 2 is 1.78 bits per heavy atom. The number of imide groups is 1. The van der Waals surface area contributed by atoms with E-state index in [0.717, 1.165) is 5.03 Å². The average Bonchev–Trinajstić information content (AvgIpc) is 3.05. The summed E-state index contributed by atoms with van der Waals surface area (Å²) in [4.78, 5) is 43.8. The lowest BCUT2D eigenvalue weighted by atomic mass is 10.1. The van der Waals surface area contributed by atoms with Crippen molar-refractivity contribution < 1.29 is 19.1 Å². The number of benzene rings is 2. The Labute approximate surface area is 189 Å². The first-order valence-corrected chi connectivity index (χ1v) is 11.3. The van der Waals surface area contributed by atoms with E-state index in [2.05, 4.69) is 10.3 Å². The first-order valence-electron chi connectivity index (χ1n) is 10.0. The summed E-state index contributed by atoms with van der Waals surface area (Å²) < 4.78 is 5.62. The molecule has 8 heteroatoms. The van der Waals surface area contributed by atoms with Gasteiger partial charge in [0.15, 0.2) is 0 Å². The van der Waals surface area contributed by atoms with Gasteiger partial charge in [-0.25, -0.2) is 4.98 Å². The van der Waals surface area contributed by atoms with E-state index in [4.69, 9.17) is 4.74 Å². The normalized spacial score (nSPS) is 12.6. The molecule has 0 bridgehead atoms. The molecule has 3 aromatic rings. The Balaban J connectivity index is 1.58. The first-order chi connectivity index (χ1) is 15.5. The van der Waals surface area contributed by atoms with Crippen molar-refractivity contribution in [3.8, 4) is 5.75 Å².